The summed E-state index contributed by atoms with van der Waals surface area (Å²) in [6.45, 7) is 9.30. The predicted octanol–water partition coefficient (Wildman–Crippen LogP) is 2.97. The predicted molar refractivity (Wildman–Crippen MR) is 97.6 cm³/mol. The second-order valence-corrected chi connectivity index (χ2v) is 7.04. The Morgan fingerprint density at radius 3 is 2.83 bits per heavy atom. The van der Waals surface area contributed by atoms with Crippen LogP contribution in [0.25, 0.3) is 5.65 Å². The van der Waals surface area contributed by atoms with E-state index < -0.39 is 0 Å². The van der Waals surface area contributed by atoms with Gasteiger partial charge in [0.1, 0.15) is 5.65 Å². The Hall–Kier alpha value is -1.14. The van der Waals surface area contributed by atoms with Crippen molar-refractivity contribution in [3.8, 4) is 0 Å². The molecule has 1 aliphatic heterocycles. The Labute approximate surface area is 149 Å². The normalized spacial score (nSPS) is 22.3. The summed E-state index contributed by atoms with van der Waals surface area (Å²) >= 11 is 6.25. The average Bonchev–Trinajstić information content (AvgIpc) is 2.85. The van der Waals surface area contributed by atoms with Crippen molar-refractivity contribution in [3.63, 3.8) is 0 Å². The molecule has 2 atom stereocenters. The number of nitrogens with one attached hydrogen (secondary N) is 1. The molecule has 0 aliphatic carbocycles. The SMILES string of the molecule is CC1CN(CCCCNCc2c(Cl)nc3ccccn23)CC(C)O1. The molecule has 1 saturated heterocycles. The number of fused-ring (bicyclic) bond motifs is 1. The molecule has 1 fully saturated rings. The molecule has 1 N–H and O–H groups in total. The summed E-state index contributed by atoms with van der Waals surface area (Å²) in [4.78, 5) is 6.89. The van der Waals surface area contributed by atoms with Crippen molar-refractivity contribution >= 4 is 17.2 Å². The van der Waals surface area contributed by atoms with Crippen molar-refractivity contribution in [1.82, 2.24) is 19.6 Å². The van der Waals surface area contributed by atoms with Gasteiger partial charge in [0.25, 0.3) is 0 Å². The van der Waals surface area contributed by atoms with Crippen LogP contribution in [-0.2, 0) is 11.3 Å². The topological polar surface area (TPSA) is 41.8 Å². The van der Waals surface area contributed by atoms with Crippen LogP contribution in [0.2, 0.25) is 5.15 Å². The second-order valence-electron chi connectivity index (χ2n) is 6.68. The number of aromatic nitrogens is 2. The Balaban J connectivity index is 1.37. The molecule has 2 aromatic rings. The molecule has 2 unspecified atom stereocenters. The van der Waals surface area contributed by atoms with Crippen molar-refractivity contribution in [2.75, 3.05) is 26.2 Å². The molecule has 6 heteroatoms. The number of unbranched alkanes of at least 4 members (excludes halogenated alkanes) is 1. The van der Waals surface area contributed by atoms with Crippen molar-refractivity contribution in [2.45, 2.75) is 45.4 Å². The van der Waals surface area contributed by atoms with Gasteiger partial charge in [0.05, 0.1) is 17.9 Å². The van der Waals surface area contributed by atoms with Crippen LogP contribution in [0.1, 0.15) is 32.4 Å². The van der Waals surface area contributed by atoms with Gasteiger partial charge in [-0.05, 0) is 51.9 Å². The Morgan fingerprint density at radius 1 is 1.25 bits per heavy atom. The number of nitrogens with zero attached hydrogens (tertiary/aromatic N) is 3. The average molecular weight is 351 g/mol. The summed E-state index contributed by atoms with van der Waals surface area (Å²) in [5.74, 6) is 0. The molecule has 0 bridgehead atoms. The van der Waals surface area contributed by atoms with Crippen LogP contribution in [0.4, 0.5) is 0 Å². The van der Waals surface area contributed by atoms with Gasteiger partial charge in [-0.25, -0.2) is 4.98 Å². The Kier molecular flexibility index (Phi) is 6.11. The van der Waals surface area contributed by atoms with E-state index in [-0.39, 0.29) is 0 Å². The summed E-state index contributed by atoms with van der Waals surface area (Å²) < 4.78 is 7.82. The molecule has 0 saturated carbocycles. The highest BCUT2D eigenvalue weighted by atomic mass is 35.5. The maximum Gasteiger partial charge on any atom is 0.152 e. The third-order valence-corrected chi connectivity index (χ3v) is 4.75. The van der Waals surface area contributed by atoms with Crippen LogP contribution in [0, 0.1) is 0 Å². The third-order valence-electron chi connectivity index (χ3n) is 4.45. The maximum absolute atomic E-state index is 6.25. The van der Waals surface area contributed by atoms with E-state index in [1.165, 1.54) is 6.42 Å². The zero-order chi connectivity index (χ0) is 16.9. The smallest absolute Gasteiger partial charge is 0.152 e. The number of hydrogen-bond donors (Lipinski definition) is 1. The lowest BCUT2D eigenvalue weighted by molar-refractivity contribution is -0.0681. The molecule has 5 nitrogen and oxygen atoms in total. The van der Waals surface area contributed by atoms with E-state index in [9.17, 15) is 0 Å². The van der Waals surface area contributed by atoms with E-state index in [4.69, 9.17) is 16.3 Å². The number of pyridine rings is 1. The molecule has 0 aromatic carbocycles. The van der Waals surface area contributed by atoms with Gasteiger partial charge in [0.2, 0.25) is 0 Å². The number of imidazole rings is 1. The highest BCUT2D eigenvalue weighted by Gasteiger charge is 2.21. The van der Waals surface area contributed by atoms with Crippen LogP contribution in [0.3, 0.4) is 0 Å². The zero-order valence-corrected chi connectivity index (χ0v) is 15.3. The minimum absolute atomic E-state index is 0.351. The van der Waals surface area contributed by atoms with E-state index in [1.54, 1.807) is 0 Å². The zero-order valence-electron chi connectivity index (χ0n) is 14.5. The maximum atomic E-state index is 6.25. The first-order chi connectivity index (χ1) is 11.6. The molecular weight excluding hydrogens is 324 g/mol. The standard InChI is InChI=1S/C18H27ClN4O/c1-14-12-22(13-15(2)24-14)9-6-4-8-20-11-16-18(19)21-17-7-3-5-10-23(16)17/h3,5,7,10,14-15,20H,4,6,8-9,11-13H2,1-2H3. The minimum atomic E-state index is 0.351. The molecule has 0 spiro atoms. The quantitative estimate of drug-likeness (QED) is 0.779. The van der Waals surface area contributed by atoms with Gasteiger partial charge < -0.3 is 14.5 Å². The van der Waals surface area contributed by atoms with Crippen molar-refractivity contribution < 1.29 is 4.74 Å². The van der Waals surface area contributed by atoms with Gasteiger partial charge >= 0.3 is 0 Å². The van der Waals surface area contributed by atoms with Gasteiger partial charge in [-0.3, -0.25) is 4.90 Å². The number of hydrogen-bond acceptors (Lipinski definition) is 4. The first-order valence-electron chi connectivity index (χ1n) is 8.83. The van der Waals surface area contributed by atoms with Gasteiger partial charge in [0, 0.05) is 25.8 Å². The lowest BCUT2D eigenvalue weighted by Crippen LogP contribution is -2.45. The monoisotopic (exact) mass is 350 g/mol. The fourth-order valence-corrected chi connectivity index (χ4v) is 3.68. The number of morpholine rings is 1. The summed E-state index contributed by atoms with van der Waals surface area (Å²) in [6, 6.07) is 5.95. The minimum Gasteiger partial charge on any atom is -0.373 e. The first kappa shape index (κ1) is 17.7. The molecule has 0 radical (unpaired) electrons. The lowest BCUT2D eigenvalue weighted by atomic mass is 10.2. The number of halogens is 1. The van der Waals surface area contributed by atoms with Crippen molar-refractivity contribution in [1.29, 1.82) is 0 Å². The summed E-state index contributed by atoms with van der Waals surface area (Å²) in [6.07, 6.45) is 5.07. The van der Waals surface area contributed by atoms with Gasteiger partial charge in [-0.1, -0.05) is 17.7 Å². The van der Waals surface area contributed by atoms with Gasteiger partial charge in [-0.2, -0.15) is 0 Å². The summed E-state index contributed by atoms with van der Waals surface area (Å²) in [5.41, 5.74) is 1.93. The molecular formula is C18H27ClN4O. The molecule has 132 valence electrons. The van der Waals surface area contributed by atoms with E-state index in [2.05, 4.69) is 29.0 Å². The van der Waals surface area contributed by atoms with E-state index in [1.807, 2.05) is 28.8 Å². The van der Waals surface area contributed by atoms with Crippen LogP contribution >= 0.6 is 11.6 Å². The van der Waals surface area contributed by atoms with E-state index in [0.717, 1.165) is 50.5 Å². The van der Waals surface area contributed by atoms with Gasteiger partial charge in [0.15, 0.2) is 5.15 Å². The van der Waals surface area contributed by atoms with Crippen molar-refractivity contribution in [2.24, 2.45) is 0 Å². The fourth-order valence-electron chi connectivity index (χ4n) is 3.44. The highest BCUT2D eigenvalue weighted by Crippen LogP contribution is 2.17. The fraction of sp³-hybridized carbons (Fsp3) is 0.611. The summed E-state index contributed by atoms with van der Waals surface area (Å²) in [5, 5.41) is 4.08. The molecule has 1 aliphatic rings. The largest absolute Gasteiger partial charge is 0.373 e. The van der Waals surface area contributed by atoms with E-state index >= 15 is 0 Å². The van der Waals surface area contributed by atoms with E-state index in [0.29, 0.717) is 17.4 Å². The van der Waals surface area contributed by atoms with Crippen LogP contribution in [-0.4, -0.2) is 52.7 Å². The summed E-state index contributed by atoms with van der Waals surface area (Å²) in [7, 11) is 0. The molecule has 24 heavy (non-hydrogen) atoms. The Morgan fingerprint density at radius 2 is 2.04 bits per heavy atom. The number of rotatable bonds is 7. The van der Waals surface area contributed by atoms with Crippen molar-refractivity contribution in [3.05, 3.63) is 35.2 Å². The van der Waals surface area contributed by atoms with Crippen LogP contribution in [0.5, 0.6) is 0 Å². The molecule has 0 amide bonds. The van der Waals surface area contributed by atoms with Crippen LogP contribution in [0.15, 0.2) is 24.4 Å². The number of ether oxygens (including phenoxy) is 1. The Bertz CT molecular complexity index is 650. The highest BCUT2D eigenvalue weighted by molar-refractivity contribution is 6.30. The lowest BCUT2D eigenvalue weighted by Gasteiger charge is -2.35. The molecule has 2 aromatic heterocycles. The molecule has 3 rings (SSSR count). The van der Waals surface area contributed by atoms with Gasteiger partial charge in [-0.15, -0.1) is 0 Å². The first-order valence-corrected chi connectivity index (χ1v) is 9.21. The van der Waals surface area contributed by atoms with Crippen LogP contribution < -0.4 is 5.32 Å². The third kappa shape index (κ3) is 4.48. The second kappa shape index (κ2) is 8.30. The molecule has 3 heterocycles.